The monoisotopic (exact) mass is 542 g/mol. The molecule has 10 nitrogen and oxygen atoms in total. The Labute approximate surface area is 227 Å². The summed E-state index contributed by atoms with van der Waals surface area (Å²) in [5.74, 6) is 0.540. The molecule has 1 aromatic carbocycles. The van der Waals surface area contributed by atoms with E-state index in [1.165, 1.54) is 17.4 Å². The Hall–Kier alpha value is -3.38. The average molecular weight is 543 g/mol. The van der Waals surface area contributed by atoms with Crippen LogP contribution in [0, 0.1) is 0 Å². The summed E-state index contributed by atoms with van der Waals surface area (Å²) in [7, 11) is 3.91. The second-order valence-corrected chi connectivity index (χ2v) is 10.3. The molecule has 2 aliphatic rings. The molecular weight excluding hydrogens is 506 g/mol. The SMILES string of the molecule is C[C@H](Nc1nc(N2CCOCC2)cc(-n2c(C(F)F)nc3ccccc32)n1)C(=O)N(C)CC1CCCCN1C. The number of carbonyl (C=O) groups is 1. The molecule has 3 aromatic rings. The Morgan fingerprint density at radius 1 is 1.13 bits per heavy atom. The van der Waals surface area contributed by atoms with Gasteiger partial charge in [-0.25, -0.2) is 13.8 Å². The lowest BCUT2D eigenvalue weighted by Crippen LogP contribution is -2.48. The maximum atomic E-state index is 14.1. The Morgan fingerprint density at radius 2 is 1.87 bits per heavy atom. The normalized spacial score (nSPS) is 19.4. The van der Waals surface area contributed by atoms with E-state index in [1.807, 2.05) is 11.9 Å². The molecule has 0 saturated carbocycles. The van der Waals surface area contributed by atoms with Gasteiger partial charge in [-0.1, -0.05) is 18.6 Å². The van der Waals surface area contributed by atoms with Crippen LogP contribution >= 0.6 is 0 Å². The highest BCUT2D eigenvalue weighted by molar-refractivity contribution is 5.84. The van der Waals surface area contributed by atoms with Crippen LogP contribution in [0.3, 0.4) is 0 Å². The van der Waals surface area contributed by atoms with Gasteiger partial charge in [-0.05, 0) is 45.5 Å². The number of anilines is 2. The van der Waals surface area contributed by atoms with Gasteiger partial charge in [0.1, 0.15) is 17.7 Å². The number of hydrogen-bond acceptors (Lipinski definition) is 8. The molecule has 1 unspecified atom stereocenters. The van der Waals surface area contributed by atoms with Gasteiger partial charge in [-0.2, -0.15) is 9.97 Å². The lowest BCUT2D eigenvalue weighted by atomic mass is 10.0. The number of nitrogens with zero attached hydrogens (tertiary/aromatic N) is 7. The molecular formula is C27H36F2N8O2. The van der Waals surface area contributed by atoms with Gasteiger partial charge in [-0.15, -0.1) is 0 Å². The molecule has 0 bridgehead atoms. The van der Waals surface area contributed by atoms with Crippen LogP contribution in [0.5, 0.6) is 0 Å². The van der Waals surface area contributed by atoms with E-state index >= 15 is 0 Å². The zero-order valence-corrected chi connectivity index (χ0v) is 22.7. The van der Waals surface area contributed by atoms with Crippen molar-refractivity contribution in [2.45, 2.75) is 44.7 Å². The second-order valence-electron chi connectivity index (χ2n) is 10.3. The summed E-state index contributed by atoms with van der Waals surface area (Å²) in [5.41, 5.74) is 0.970. The number of para-hydroxylation sites is 2. The lowest BCUT2D eigenvalue weighted by molar-refractivity contribution is -0.131. The first-order valence-electron chi connectivity index (χ1n) is 13.5. The van der Waals surface area contributed by atoms with Crippen LogP contribution in [0.2, 0.25) is 0 Å². The number of carbonyl (C=O) groups excluding carboxylic acids is 1. The smallest absolute Gasteiger partial charge is 0.296 e. The highest BCUT2D eigenvalue weighted by atomic mass is 19.3. The predicted octanol–water partition coefficient (Wildman–Crippen LogP) is 3.33. The molecule has 0 aliphatic carbocycles. The predicted molar refractivity (Wildman–Crippen MR) is 146 cm³/mol. The zero-order chi connectivity index (χ0) is 27.5. The van der Waals surface area contributed by atoms with E-state index in [9.17, 15) is 13.6 Å². The second kappa shape index (κ2) is 11.8. The van der Waals surface area contributed by atoms with Crippen molar-refractivity contribution < 1.29 is 18.3 Å². The minimum atomic E-state index is -2.80. The van der Waals surface area contributed by atoms with Crippen molar-refractivity contribution in [1.29, 1.82) is 0 Å². The minimum absolute atomic E-state index is 0.0859. The summed E-state index contributed by atoms with van der Waals surface area (Å²) in [6.45, 7) is 5.73. The van der Waals surface area contributed by atoms with Crippen molar-refractivity contribution in [3.63, 3.8) is 0 Å². The number of ether oxygens (including phenoxy) is 1. The number of fused-ring (bicyclic) bond motifs is 1. The van der Waals surface area contributed by atoms with Crippen molar-refractivity contribution in [2.75, 3.05) is 63.7 Å². The topological polar surface area (TPSA) is 91.6 Å². The van der Waals surface area contributed by atoms with Crippen LogP contribution in [0.15, 0.2) is 30.3 Å². The molecule has 12 heteroatoms. The molecule has 210 valence electrons. The first-order valence-corrected chi connectivity index (χ1v) is 13.5. The summed E-state index contributed by atoms with van der Waals surface area (Å²) in [6.07, 6.45) is 0.610. The third-order valence-electron chi connectivity index (χ3n) is 7.54. The van der Waals surface area contributed by atoms with Crippen LogP contribution in [-0.2, 0) is 9.53 Å². The lowest BCUT2D eigenvalue weighted by Gasteiger charge is -2.35. The molecule has 0 radical (unpaired) electrons. The summed E-state index contributed by atoms with van der Waals surface area (Å²) >= 11 is 0. The van der Waals surface area contributed by atoms with Crippen molar-refractivity contribution in [1.82, 2.24) is 29.3 Å². The van der Waals surface area contributed by atoms with Crippen LogP contribution in [0.25, 0.3) is 16.9 Å². The molecule has 2 saturated heterocycles. The summed E-state index contributed by atoms with van der Waals surface area (Å²) in [4.78, 5) is 32.8. The highest BCUT2D eigenvalue weighted by Gasteiger charge is 2.27. The maximum absolute atomic E-state index is 14.1. The molecule has 5 rings (SSSR count). The first kappa shape index (κ1) is 27.2. The Balaban J connectivity index is 1.45. The number of nitrogens with one attached hydrogen (secondary N) is 1. The number of benzene rings is 1. The number of imidazole rings is 1. The van der Waals surface area contributed by atoms with Gasteiger partial charge in [0, 0.05) is 38.8 Å². The van der Waals surface area contributed by atoms with Gasteiger partial charge >= 0.3 is 0 Å². The number of rotatable bonds is 8. The van der Waals surface area contributed by atoms with E-state index in [4.69, 9.17) is 4.74 Å². The van der Waals surface area contributed by atoms with Crippen LogP contribution in [0.4, 0.5) is 20.5 Å². The van der Waals surface area contributed by atoms with Crippen LogP contribution < -0.4 is 10.2 Å². The van der Waals surface area contributed by atoms with Crippen molar-refractivity contribution in [3.8, 4) is 5.82 Å². The number of morpholine rings is 1. The van der Waals surface area contributed by atoms with Gasteiger partial charge in [-0.3, -0.25) is 9.36 Å². The molecule has 2 aromatic heterocycles. The van der Waals surface area contributed by atoms with Crippen molar-refractivity contribution in [2.24, 2.45) is 0 Å². The van der Waals surface area contributed by atoms with E-state index in [2.05, 4.69) is 32.2 Å². The van der Waals surface area contributed by atoms with Crippen molar-refractivity contribution in [3.05, 3.63) is 36.2 Å². The Bertz CT molecular complexity index is 1300. The third kappa shape index (κ3) is 5.96. The van der Waals surface area contributed by atoms with Crippen molar-refractivity contribution >= 4 is 28.7 Å². The Morgan fingerprint density at radius 3 is 2.62 bits per heavy atom. The highest BCUT2D eigenvalue weighted by Crippen LogP contribution is 2.29. The van der Waals surface area contributed by atoms with Gasteiger partial charge in [0.2, 0.25) is 11.9 Å². The largest absolute Gasteiger partial charge is 0.378 e. The molecule has 39 heavy (non-hydrogen) atoms. The molecule has 4 heterocycles. The quantitative estimate of drug-likeness (QED) is 0.464. The number of hydrogen-bond donors (Lipinski definition) is 1. The summed E-state index contributed by atoms with van der Waals surface area (Å²) < 4.78 is 35.1. The molecule has 1 amide bonds. The van der Waals surface area contributed by atoms with Crippen LogP contribution in [0.1, 0.15) is 38.4 Å². The number of halogens is 2. The third-order valence-corrected chi connectivity index (χ3v) is 7.54. The van der Waals surface area contributed by atoms with Gasteiger partial charge in [0.15, 0.2) is 5.82 Å². The van der Waals surface area contributed by atoms with E-state index in [-0.39, 0.29) is 17.7 Å². The zero-order valence-electron chi connectivity index (χ0n) is 22.7. The van der Waals surface area contributed by atoms with Gasteiger partial charge in [0.25, 0.3) is 6.43 Å². The summed E-state index contributed by atoms with van der Waals surface area (Å²) in [5, 5.41) is 3.14. The minimum Gasteiger partial charge on any atom is -0.378 e. The molecule has 0 spiro atoms. The number of likely N-dealkylation sites (N-methyl/N-ethyl adjacent to an activating group) is 2. The number of piperidine rings is 1. The van der Waals surface area contributed by atoms with E-state index in [1.54, 1.807) is 42.2 Å². The summed E-state index contributed by atoms with van der Waals surface area (Å²) in [6, 6.07) is 8.37. The van der Waals surface area contributed by atoms with Gasteiger partial charge in [0.05, 0.1) is 24.2 Å². The molecule has 1 N–H and O–H groups in total. The molecule has 2 atom stereocenters. The Kier molecular flexibility index (Phi) is 8.22. The number of alkyl halides is 2. The van der Waals surface area contributed by atoms with Crippen LogP contribution in [-0.4, -0.2) is 101 Å². The van der Waals surface area contributed by atoms with E-state index < -0.39 is 18.3 Å². The van der Waals surface area contributed by atoms with Gasteiger partial charge < -0.3 is 24.8 Å². The maximum Gasteiger partial charge on any atom is 0.296 e. The fourth-order valence-corrected chi connectivity index (χ4v) is 5.35. The first-order chi connectivity index (χ1) is 18.8. The average Bonchev–Trinajstić information content (AvgIpc) is 3.34. The fraction of sp³-hybridized carbons (Fsp3) is 0.556. The van der Waals surface area contributed by atoms with E-state index in [0.717, 1.165) is 13.0 Å². The number of amides is 1. The fourth-order valence-electron chi connectivity index (χ4n) is 5.35. The van der Waals surface area contributed by atoms with E-state index in [0.29, 0.717) is 55.7 Å². The molecule has 2 aliphatic heterocycles. The number of likely N-dealkylation sites (tertiary alicyclic amines) is 1. The number of aromatic nitrogens is 4. The standard InChI is InChI=1S/C27H36F2N8O2/c1-18(26(38)35(3)17-19-8-6-7-11-34(19)2)30-27-32-22(36-12-14-39-15-13-36)16-23(33-27)37-21-10-5-4-9-20(21)31-25(37)24(28)29/h4-5,9-10,16,18-19,24H,6-8,11-15,17H2,1-3H3,(H,30,32,33)/t18-,19?/m0/s1. The molecule has 2 fully saturated rings.